The van der Waals surface area contributed by atoms with Crippen LogP contribution in [0.1, 0.15) is 21.7 Å². The van der Waals surface area contributed by atoms with Crippen molar-refractivity contribution in [1.82, 2.24) is 15.3 Å². The van der Waals surface area contributed by atoms with Gasteiger partial charge in [0.1, 0.15) is 5.82 Å². The van der Waals surface area contributed by atoms with Crippen LogP contribution < -0.4 is 5.32 Å². The van der Waals surface area contributed by atoms with E-state index in [0.717, 1.165) is 22.4 Å². The van der Waals surface area contributed by atoms with Gasteiger partial charge in [-0.1, -0.05) is 24.3 Å². The number of fused-ring (bicyclic) bond motifs is 1. The summed E-state index contributed by atoms with van der Waals surface area (Å²) in [4.78, 5) is 19.5. The minimum atomic E-state index is -0.0634. The average Bonchev–Trinajstić information content (AvgIpc) is 2.85. The van der Waals surface area contributed by atoms with Gasteiger partial charge in [-0.25, -0.2) is 4.98 Å². The van der Waals surface area contributed by atoms with Crippen molar-refractivity contribution in [2.75, 3.05) is 0 Å². The van der Waals surface area contributed by atoms with Crippen LogP contribution in [-0.2, 0) is 6.54 Å². The van der Waals surface area contributed by atoms with Crippen LogP contribution in [-0.4, -0.2) is 15.9 Å². The Morgan fingerprint density at radius 2 is 2.00 bits per heavy atom. The minimum absolute atomic E-state index is 0.0634. The molecule has 2 aromatic carbocycles. The quantitative estimate of drug-likeness (QED) is 0.765. The summed E-state index contributed by atoms with van der Waals surface area (Å²) < 4.78 is 0. The lowest BCUT2D eigenvalue weighted by molar-refractivity contribution is 0.0951. The summed E-state index contributed by atoms with van der Waals surface area (Å²) in [6.45, 7) is 2.43. The number of imidazole rings is 1. The van der Waals surface area contributed by atoms with Crippen molar-refractivity contribution in [2.24, 2.45) is 0 Å². The molecule has 0 aliphatic heterocycles. The third-order valence-corrected chi connectivity index (χ3v) is 3.15. The summed E-state index contributed by atoms with van der Waals surface area (Å²) in [6, 6.07) is 15.2. The zero-order chi connectivity index (χ0) is 13.9. The highest BCUT2D eigenvalue weighted by atomic mass is 16.1. The van der Waals surface area contributed by atoms with Gasteiger partial charge < -0.3 is 10.3 Å². The fourth-order valence-electron chi connectivity index (χ4n) is 2.17. The number of aromatic amines is 1. The van der Waals surface area contributed by atoms with Gasteiger partial charge in [0.15, 0.2) is 0 Å². The molecular weight excluding hydrogens is 250 g/mol. The molecule has 0 unspecified atom stereocenters. The molecule has 4 heteroatoms. The number of nitrogens with one attached hydrogen (secondary N) is 2. The van der Waals surface area contributed by atoms with Crippen LogP contribution in [0.25, 0.3) is 11.0 Å². The lowest BCUT2D eigenvalue weighted by Gasteiger charge is -2.05. The van der Waals surface area contributed by atoms with Crippen LogP contribution >= 0.6 is 0 Å². The Balaban J connectivity index is 1.72. The second-order valence-electron chi connectivity index (χ2n) is 4.72. The molecule has 0 atom stereocenters. The number of carbonyl (C=O) groups excluding carboxylic acids is 1. The topological polar surface area (TPSA) is 57.8 Å². The van der Waals surface area contributed by atoms with Crippen molar-refractivity contribution >= 4 is 16.9 Å². The van der Waals surface area contributed by atoms with Crippen LogP contribution in [0.3, 0.4) is 0 Å². The first-order valence-corrected chi connectivity index (χ1v) is 6.51. The maximum atomic E-state index is 12.0. The Morgan fingerprint density at radius 1 is 1.20 bits per heavy atom. The molecule has 4 nitrogen and oxygen atoms in total. The lowest BCUT2D eigenvalue weighted by Crippen LogP contribution is -2.22. The second-order valence-corrected chi connectivity index (χ2v) is 4.72. The van der Waals surface area contributed by atoms with E-state index in [2.05, 4.69) is 15.3 Å². The third kappa shape index (κ3) is 2.54. The van der Waals surface area contributed by atoms with Crippen LogP contribution in [0.4, 0.5) is 0 Å². The molecule has 0 radical (unpaired) electrons. The van der Waals surface area contributed by atoms with E-state index in [9.17, 15) is 4.79 Å². The molecular formula is C16H15N3O. The van der Waals surface area contributed by atoms with E-state index >= 15 is 0 Å². The van der Waals surface area contributed by atoms with Gasteiger partial charge >= 0.3 is 0 Å². The molecule has 0 bridgehead atoms. The number of H-pyrrole nitrogens is 1. The van der Waals surface area contributed by atoms with Gasteiger partial charge in [-0.15, -0.1) is 0 Å². The fraction of sp³-hybridized carbons (Fsp3) is 0.125. The molecule has 100 valence electrons. The molecule has 20 heavy (non-hydrogen) atoms. The summed E-state index contributed by atoms with van der Waals surface area (Å²) in [7, 11) is 0. The summed E-state index contributed by atoms with van der Waals surface area (Å²) in [6.07, 6.45) is 0. The van der Waals surface area contributed by atoms with E-state index in [-0.39, 0.29) is 5.91 Å². The Kier molecular flexibility index (Phi) is 3.21. The van der Waals surface area contributed by atoms with Crippen molar-refractivity contribution in [3.8, 4) is 0 Å². The monoisotopic (exact) mass is 265 g/mol. The lowest BCUT2D eigenvalue weighted by atomic mass is 10.2. The molecule has 1 amide bonds. The molecule has 0 fully saturated rings. The van der Waals surface area contributed by atoms with E-state index in [1.165, 1.54) is 0 Å². The maximum Gasteiger partial charge on any atom is 0.251 e. The molecule has 0 saturated heterocycles. The van der Waals surface area contributed by atoms with E-state index in [4.69, 9.17) is 0 Å². The van der Waals surface area contributed by atoms with Crippen LogP contribution in [0.15, 0.2) is 48.5 Å². The number of benzene rings is 2. The Labute approximate surface area is 116 Å². The van der Waals surface area contributed by atoms with Gasteiger partial charge in [0.05, 0.1) is 11.0 Å². The van der Waals surface area contributed by atoms with Crippen molar-refractivity contribution in [3.63, 3.8) is 0 Å². The average molecular weight is 265 g/mol. The van der Waals surface area contributed by atoms with Gasteiger partial charge in [-0.05, 0) is 36.8 Å². The number of hydrogen-bond donors (Lipinski definition) is 2. The molecule has 3 aromatic rings. The zero-order valence-electron chi connectivity index (χ0n) is 11.2. The number of nitrogens with zero attached hydrogens (tertiary/aromatic N) is 1. The van der Waals surface area contributed by atoms with Gasteiger partial charge in [0, 0.05) is 12.1 Å². The van der Waals surface area contributed by atoms with Crippen LogP contribution in [0.2, 0.25) is 0 Å². The first-order valence-electron chi connectivity index (χ1n) is 6.51. The second kappa shape index (κ2) is 5.17. The highest BCUT2D eigenvalue weighted by molar-refractivity contribution is 5.94. The zero-order valence-corrected chi connectivity index (χ0v) is 11.2. The predicted octanol–water partition coefficient (Wildman–Crippen LogP) is 2.80. The van der Waals surface area contributed by atoms with Crippen molar-refractivity contribution in [3.05, 3.63) is 65.5 Å². The Hall–Kier alpha value is -2.62. The molecule has 2 N–H and O–H groups in total. The molecule has 0 aliphatic rings. The minimum Gasteiger partial charge on any atom is -0.348 e. The largest absolute Gasteiger partial charge is 0.348 e. The van der Waals surface area contributed by atoms with Crippen molar-refractivity contribution in [1.29, 1.82) is 0 Å². The van der Waals surface area contributed by atoms with Gasteiger partial charge in [-0.3, -0.25) is 4.79 Å². The predicted molar refractivity (Wildman–Crippen MR) is 78.4 cm³/mol. The maximum absolute atomic E-state index is 12.0. The number of hydrogen-bond acceptors (Lipinski definition) is 2. The van der Waals surface area contributed by atoms with E-state index in [0.29, 0.717) is 12.1 Å². The van der Waals surface area contributed by atoms with E-state index in [1.54, 1.807) is 12.1 Å². The first kappa shape index (κ1) is 12.4. The first-order chi connectivity index (χ1) is 9.72. The summed E-state index contributed by atoms with van der Waals surface area (Å²) >= 11 is 0. The number of amides is 1. The highest BCUT2D eigenvalue weighted by Crippen LogP contribution is 2.13. The number of aryl methyl sites for hydroxylation is 1. The number of aromatic nitrogens is 2. The Bertz CT molecular complexity index is 747. The summed E-state index contributed by atoms with van der Waals surface area (Å²) in [5.41, 5.74) is 3.66. The molecule has 1 heterocycles. The van der Waals surface area contributed by atoms with Gasteiger partial charge in [0.2, 0.25) is 0 Å². The number of carbonyl (C=O) groups is 1. The fourth-order valence-corrected chi connectivity index (χ4v) is 2.17. The summed E-state index contributed by atoms with van der Waals surface area (Å²) in [5.74, 6) is 0.831. The van der Waals surface area contributed by atoms with Crippen molar-refractivity contribution in [2.45, 2.75) is 13.5 Å². The van der Waals surface area contributed by atoms with E-state index in [1.807, 2.05) is 43.3 Å². The standard InChI is InChI=1S/C16H15N3O/c1-11-18-14-8-7-12(9-15(14)19-11)10-17-16(20)13-5-3-2-4-6-13/h2-9H,10H2,1H3,(H,17,20)(H,18,19). The van der Waals surface area contributed by atoms with Crippen molar-refractivity contribution < 1.29 is 4.79 Å². The Morgan fingerprint density at radius 3 is 2.80 bits per heavy atom. The third-order valence-electron chi connectivity index (χ3n) is 3.15. The smallest absolute Gasteiger partial charge is 0.251 e. The molecule has 0 aliphatic carbocycles. The van der Waals surface area contributed by atoms with Gasteiger partial charge in [-0.2, -0.15) is 0 Å². The molecule has 3 rings (SSSR count). The molecule has 0 spiro atoms. The molecule has 0 saturated carbocycles. The summed E-state index contributed by atoms with van der Waals surface area (Å²) in [5, 5.41) is 2.91. The van der Waals surface area contributed by atoms with Crippen LogP contribution in [0, 0.1) is 6.92 Å². The normalized spacial score (nSPS) is 10.7. The van der Waals surface area contributed by atoms with Crippen LogP contribution in [0.5, 0.6) is 0 Å². The highest BCUT2D eigenvalue weighted by Gasteiger charge is 2.05. The molecule has 1 aromatic heterocycles. The van der Waals surface area contributed by atoms with Gasteiger partial charge in [0.25, 0.3) is 5.91 Å². The van der Waals surface area contributed by atoms with E-state index < -0.39 is 0 Å². The SMILES string of the molecule is Cc1nc2ccc(CNC(=O)c3ccccc3)cc2[nH]1. The number of rotatable bonds is 3.